The molecule has 0 aliphatic rings. The van der Waals surface area contributed by atoms with Gasteiger partial charge in [-0.1, -0.05) is 0 Å². The van der Waals surface area contributed by atoms with Crippen LogP contribution in [-0.4, -0.2) is 39.5 Å². The molecule has 0 aliphatic heterocycles. The van der Waals surface area contributed by atoms with Gasteiger partial charge in [-0.25, -0.2) is 0 Å². The van der Waals surface area contributed by atoms with Crippen LogP contribution in [0.3, 0.4) is 0 Å². The third kappa shape index (κ3) is 51.9. The Morgan fingerprint density at radius 1 is 0.235 bits per heavy atom. The molecular weight excluding hydrogens is 846 g/mol. The Hall–Kier alpha value is 1.95. The summed E-state index contributed by atoms with van der Waals surface area (Å²) in [5.74, 6) is 0. The maximum Gasteiger partial charge on any atom is -0.813 e. The summed E-state index contributed by atoms with van der Waals surface area (Å²) in [5.41, 5.74) is 0. The van der Waals surface area contributed by atoms with Crippen LogP contribution in [0.15, 0.2) is 0 Å². The largest absolute Gasteiger partial charge is 0.813 e. The Bertz CT molecular complexity index is 431. The normalized spacial score (nSPS) is 11.1. The molecule has 309 valence electrons. The summed E-state index contributed by atoms with van der Waals surface area (Å²) in [6.45, 7) is 14.0. The smallest absolute Gasteiger partial charge is 0.813 e. The molecule has 0 rings (SSSR count). The molecule has 0 amide bonds. The summed E-state index contributed by atoms with van der Waals surface area (Å²) in [5, 5.41) is 0. The zero-order valence-corrected chi connectivity index (χ0v) is 43.7. The van der Waals surface area contributed by atoms with E-state index in [1.165, 1.54) is 193 Å². The average molecular weight is 950 g/mol. The van der Waals surface area contributed by atoms with Gasteiger partial charge in [-0.05, 0) is 0 Å². The van der Waals surface area contributed by atoms with Gasteiger partial charge in [0.15, 0.2) is 0 Å². The molecule has 0 saturated carbocycles. The molecule has 0 fully saturated rings. The van der Waals surface area contributed by atoms with Crippen molar-refractivity contribution in [1.29, 1.82) is 0 Å². The maximum atomic E-state index is 2.33. The van der Waals surface area contributed by atoms with Gasteiger partial charge < -0.3 is 13.5 Å². The summed E-state index contributed by atoms with van der Waals surface area (Å²) in [6.07, 6.45) is 53.8. The fraction of sp³-hybridized carbons (Fsp3) is 1.00. The first kappa shape index (κ1) is 57.3. The number of hydrogen-bond acceptors (Lipinski definition) is 1. The molecule has 0 bridgehead atoms. The summed E-state index contributed by atoms with van der Waals surface area (Å²) in [6, 6.07) is 0. The van der Waals surface area contributed by atoms with E-state index >= 15 is 0 Å². The molecule has 3 heteroatoms. The van der Waals surface area contributed by atoms with E-state index in [1.54, 1.807) is 65.1 Å². The fourth-order valence-corrected chi connectivity index (χ4v) is 24.8. The monoisotopic (exact) mass is 952 g/mol. The summed E-state index contributed by atoms with van der Waals surface area (Å²) >= 11 is -2.03. The Balaban J connectivity index is -0.000000886. The third-order valence-electron chi connectivity index (χ3n) is 11.3. The molecular formula is C48H103SSn2. The van der Waals surface area contributed by atoms with E-state index < -0.39 is 39.5 Å². The molecule has 0 aromatic rings. The van der Waals surface area contributed by atoms with Crippen LogP contribution in [-0.2, 0) is 13.5 Å². The van der Waals surface area contributed by atoms with E-state index in [0.717, 1.165) is 0 Å². The number of hydrogen-bond donors (Lipinski definition) is 0. The first-order valence-electron chi connectivity index (χ1n) is 24.4. The van der Waals surface area contributed by atoms with E-state index in [2.05, 4.69) is 41.5 Å². The van der Waals surface area contributed by atoms with Gasteiger partial charge in [-0.3, -0.25) is 0 Å². The predicted molar refractivity (Wildman–Crippen MR) is 249 cm³/mol. The van der Waals surface area contributed by atoms with E-state index in [9.17, 15) is 0 Å². The van der Waals surface area contributed by atoms with Crippen molar-refractivity contribution >= 4 is 53.0 Å². The minimum Gasteiger partial charge on any atom is -0.813 e. The molecule has 0 N–H and O–H groups in total. The van der Waals surface area contributed by atoms with Crippen molar-refractivity contribution in [3.8, 4) is 0 Å². The van der Waals surface area contributed by atoms with Gasteiger partial charge in [-0.15, -0.1) is 0 Å². The van der Waals surface area contributed by atoms with Crippen LogP contribution in [0.2, 0.25) is 26.6 Å². The standard InChI is InChI=1S/6C8H17.H2S.2Sn/c6*1-3-5-7-8-6-4-2;;;/h6*1,3-8H2,2H3;1H2;;/q;;;;;;;;+1/p-1. The molecule has 0 saturated heterocycles. The second-order valence-electron chi connectivity index (χ2n) is 16.6. The van der Waals surface area contributed by atoms with Crippen LogP contribution in [0.5, 0.6) is 0 Å². The predicted octanol–water partition coefficient (Wildman–Crippen LogP) is 18.9. The number of thiol groups is 1. The van der Waals surface area contributed by atoms with E-state index in [4.69, 9.17) is 0 Å². The number of rotatable bonds is 42. The molecule has 0 heterocycles. The Kier molecular flexibility index (Phi) is 60.7. The van der Waals surface area contributed by atoms with Crippen LogP contribution >= 0.6 is 0 Å². The van der Waals surface area contributed by atoms with Gasteiger partial charge >= 0.3 is 339 Å². The summed E-state index contributed by atoms with van der Waals surface area (Å²) < 4.78 is 10.3. The second kappa shape index (κ2) is 54.0. The third-order valence-corrected chi connectivity index (χ3v) is 29.5. The van der Waals surface area contributed by atoms with Gasteiger partial charge in [0.2, 0.25) is 0 Å². The molecule has 0 spiro atoms. The van der Waals surface area contributed by atoms with Crippen LogP contribution in [0.1, 0.15) is 273 Å². The minimum atomic E-state index is -1.02. The molecule has 0 aromatic carbocycles. The fourth-order valence-electron chi connectivity index (χ4n) is 7.68. The maximum absolute atomic E-state index is 2.33. The van der Waals surface area contributed by atoms with Crippen molar-refractivity contribution in [3.63, 3.8) is 0 Å². The van der Waals surface area contributed by atoms with E-state index in [0.29, 0.717) is 0 Å². The molecule has 0 aromatic heterocycles. The van der Waals surface area contributed by atoms with Crippen molar-refractivity contribution in [2.45, 2.75) is 299 Å². The zero-order chi connectivity index (χ0) is 36.9. The first-order valence-corrected chi connectivity index (χ1v) is 36.5. The molecule has 0 nitrogen and oxygen atoms in total. The molecule has 0 atom stereocenters. The first-order chi connectivity index (χ1) is 24.7. The van der Waals surface area contributed by atoms with Crippen LogP contribution in [0, 0.1) is 0 Å². The van der Waals surface area contributed by atoms with Crippen molar-refractivity contribution < 1.29 is 0 Å². The van der Waals surface area contributed by atoms with Crippen molar-refractivity contribution in [1.82, 2.24) is 0 Å². The SMILES string of the molecule is CCCCCCC[CH2][Sn+]([CH2]CCCCCCC)[CH2]CCCCCCC.CCCCCCC[CH2][Sn]([CH2]CCCCCCC)[CH2]CCCCCCC.[SH-]. The van der Waals surface area contributed by atoms with Crippen LogP contribution < -0.4 is 0 Å². The van der Waals surface area contributed by atoms with Gasteiger partial charge in [0.1, 0.15) is 0 Å². The average Bonchev–Trinajstić information content (AvgIpc) is 3.13. The molecule has 0 unspecified atom stereocenters. The van der Waals surface area contributed by atoms with Gasteiger partial charge in [0.05, 0.1) is 0 Å². The number of unbranched alkanes of at least 4 members (excludes halogenated alkanes) is 30. The van der Waals surface area contributed by atoms with E-state index in [1.807, 2.05) is 0 Å². The van der Waals surface area contributed by atoms with Gasteiger partial charge in [0, 0.05) is 0 Å². The Morgan fingerprint density at radius 3 is 0.627 bits per heavy atom. The van der Waals surface area contributed by atoms with Crippen LogP contribution in [0.4, 0.5) is 0 Å². The quantitative estimate of drug-likeness (QED) is 0.0254. The van der Waals surface area contributed by atoms with E-state index in [-0.39, 0.29) is 13.5 Å². The van der Waals surface area contributed by atoms with Crippen molar-refractivity contribution in [2.75, 3.05) is 0 Å². The minimum absolute atomic E-state index is 0. The summed E-state index contributed by atoms with van der Waals surface area (Å²) in [4.78, 5) is 0. The topological polar surface area (TPSA) is 0 Å². The van der Waals surface area contributed by atoms with Gasteiger partial charge in [-0.2, -0.15) is 0 Å². The molecule has 0 aliphatic carbocycles. The van der Waals surface area contributed by atoms with Crippen molar-refractivity contribution in [3.05, 3.63) is 0 Å². The molecule has 51 heavy (non-hydrogen) atoms. The second-order valence-corrected chi connectivity index (χ2v) is 33.7. The zero-order valence-electron chi connectivity index (χ0n) is 37.1. The van der Waals surface area contributed by atoms with Crippen molar-refractivity contribution in [2.24, 2.45) is 0 Å². The van der Waals surface area contributed by atoms with Gasteiger partial charge in [0.25, 0.3) is 0 Å². The Labute approximate surface area is 349 Å². The van der Waals surface area contributed by atoms with Crippen LogP contribution in [0.25, 0.3) is 0 Å². The Morgan fingerprint density at radius 2 is 0.412 bits per heavy atom. The molecule has 1 radical (unpaired) electrons. The summed E-state index contributed by atoms with van der Waals surface area (Å²) in [7, 11) is 0.